The van der Waals surface area contributed by atoms with Gasteiger partial charge in [0.05, 0.1) is 11.4 Å². The van der Waals surface area contributed by atoms with E-state index in [1.165, 1.54) is 19.2 Å². The molecule has 4 N–H and O–H groups in total. The summed E-state index contributed by atoms with van der Waals surface area (Å²) in [5.41, 5.74) is 3.46. The lowest BCUT2D eigenvalue weighted by Gasteiger charge is -2.20. The van der Waals surface area contributed by atoms with Crippen LogP contribution < -0.4 is 16.6 Å². The third-order valence-corrected chi connectivity index (χ3v) is 4.89. The van der Waals surface area contributed by atoms with Gasteiger partial charge in [-0.3, -0.25) is 9.89 Å². The number of fused-ring (bicyclic) bond motifs is 1. The van der Waals surface area contributed by atoms with Crippen LogP contribution in [0.2, 0.25) is 5.02 Å². The van der Waals surface area contributed by atoms with Crippen LogP contribution in [0.5, 0.6) is 0 Å². The second-order valence-corrected chi connectivity index (χ2v) is 6.97. The highest BCUT2D eigenvalue weighted by Crippen LogP contribution is 2.33. The Labute approximate surface area is 181 Å². The molecule has 0 unspecified atom stereocenters. The molecule has 0 saturated carbocycles. The van der Waals surface area contributed by atoms with Crippen LogP contribution >= 0.6 is 11.6 Å². The number of H-pyrrole nitrogens is 1. The number of nitrogens with two attached hydrogens (primary N) is 1. The van der Waals surface area contributed by atoms with E-state index in [4.69, 9.17) is 17.3 Å². The molecule has 4 rings (SSSR count). The van der Waals surface area contributed by atoms with E-state index in [0.717, 1.165) is 16.7 Å². The van der Waals surface area contributed by atoms with Gasteiger partial charge < -0.3 is 11.1 Å². The molecule has 14 heteroatoms. The molecular weight excluding hydrogens is 456 g/mol. The minimum Gasteiger partial charge on any atom is -0.368 e. The highest BCUT2D eigenvalue weighted by atomic mass is 35.5. The lowest BCUT2D eigenvalue weighted by atomic mass is 10.2. The molecule has 0 bridgehead atoms. The molecule has 0 radical (unpaired) electrons. The molecule has 166 valence electrons. The molecule has 0 fully saturated rings. The number of benzene rings is 1. The van der Waals surface area contributed by atoms with Gasteiger partial charge in [0, 0.05) is 12.3 Å². The average Bonchev–Trinajstić information content (AvgIpc) is 3.27. The molecule has 0 aliphatic carbocycles. The first-order valence-corrected chi connectivity index (χ1v) is 9.35. The zero-order valence-electron chi connectivity index (χ0n) is 16.1. The van der Waals surface area contributed by atoms with Gasteiger partial charge in [0.2, 0.25) is 5.95 Å². The summed E-state index contributed by atoms with van der Waals surface area (Å²) < 4.78 is 55.6. The third-order valence-electron chi connectivity index (χ3n) is 4.51. The molecule has 0 aliphatic rings. The van der Waals surface area contributed by atoms with Gasteiger partial charge in [-0.15, -0.1) is 0 Å². The van der Waals surface area contributed by atoms with Crippen LogP contribution in [-0.4, -0.2) is 29.7 Å². The quantitative estimate of drug-likeness (QED) is 0.382. The number of anilines is 2. The SMILES string of the molecule is C[C@H](Nc1nc(N)nc(C(F)F)c1Cl)c1nc2c(F)c(F)ccc2c(=O)n1-c1cc[nH]n1. The molecule has 0 saturated heterocycles. The Morgan fingerprint density at radius 1 is 1.19 bits per heavy atom. The first-order valence-electron chi connectivity index (χ1n) is 8.97. The first-order chi connectivity index (χ1) is 15.2. The number of aromatic nitrogens is 6. The average molecular weight is 469 g/mol. The Morgan fingerprint density at radius 3 is 2.59 bits per heavy atom. The Kier molecular flexibility index (Phi) is 5.42. The van der Waals surface area contributed by atoms with E-state index in [2.05, 4.69) is 30.5 Å². The van der Waals surface area contributed by atoms with Crippen LogP contribution in [0.4, 0.5) is 29.3 Å². The summed E-state index contributed by atoms with van der Waals surface area (Å²) in [7, 11) is 0. The molecular formula is C18H13ClF4N8O. The Bertz CT molecular complexity index is 1380. The van der Waals surface area contributed by atoms with Crippen molar-refractivity contribution in [1.29, 1.82) is 0 Å². The highest BCUT2D eigenvalue weighted by Gasteiger charge is 2.25. The summed E-state index contributed by atoms with van der Waals surface area (Å²) in [6, 6.07) is 2.39. The number of hydrogen-bond donors (Lipinski definition) is 3. The molecule has 3 heterocycles. The second kappa shape index (κ2) is 8.07. The zero-order valence-corrected chi connectivity index (χ0v) is 16.8. The monoisotopic (exact) mass is 468 g/mol. The molecule has 4 aromatic rings. The molecule has 0 spiro atoms. The van der Waals surface area contributed by atoms with Crippen LogP contribution in [0.1, 0.15) is 30.9 Å². The molecule has 0 amide bonds. The fourth-order valence-electron chi connectivity index (χ4n) is 3.09. The van der Waals surface area contributed by atoms with Crippen LogP contribution in [-0.2, 0) is 0 Å². The summed E-state index contributed by atoms with van der Waals surface area (Å²) in [5, 5.41) is 8.52. The summed E-state index contributed by atoms with van der Waals surface area (Å²) in [6.45, 7) is 1.48. The number of aromatic amines is 1. The summed E-state index contributed by atoms with van der Waals surface area (Å²) in [4.78, 5) is 24.5. The molecule has 0 aliphatic heterocycles. The maximum atomic E-state index is 14.4. The predicted molar refractivity (Wildman–Crippen MR) is 108 cm³/mol. The van der Waals surface area contributed by atoms with Crippen molar-refractivity contribution in [2.75, 3.05) is 11.1 Å². The van der Waals surface area contributed by atoms with Gasteiger partial charge in [-0.25, -0.2) is 32.1 Å². The van der Waals surface area contributed by atoms with Crippen molar-refractivity contribution in [3.8, 4) is 5.82 Å². The summed E-state index contributed by atoms with van der Waals surface area (Å²) in [6.07, 6.45) is -1.59. The van der Waals surface area contributed by atoms with E-state index in [0.29, 0.717) is 0 Å². The Hall–Kier alpha value is -3.74. The fourth-order valence-corrected chi connectivity index (χ4v) is 3.31. The summed E-state index contributed by atoms with van der Waals surface area (Å²) >= 11 is 5.98. The van der Waals surface area contributed by atoms with Gasteiger partial charge in [-0.2, -0.15) is 10.1 Å². The highest BCUT2D eigenvalue weighted by molar-refractivity contribution is 6.33. The zero-order chi connectivity index (χ0) is 23.2. The Morgan fingerprint density at radius 2 is 1.94 bits per heavy atom. The number of hydrogen-bond acceptors (Lipinski definition) is 7. The Balaban J connectivity index is 1.91. The number of halogens is 5. The molecule has 3 aromatic heterocycles. The van der Waals surface area contributed by atoms with Crippen LogP contribution in [0.3, 0.4) is 0 Å². The smallest absolute Gasteiger partial charge is 0.282 e. The first kappa shape index (κ1) is 21.5. The van der Waals surface area contributed by atoms with Crippen molar-refractivity contribution < 1.29 is 17.6 Å². The van der Waals surface area contributed by atoms with Crippen molar-refractivity contribution in [3.05, 3.63) is 62.9 Å². The lowest BCUT2D eigenvalue weighted by Crippen LogP contribution is -2.28. The van der Waals surface area contributed by atoms with E-state index in [-0.39, 0.29) is 22.8 Å². The maximum absolute atomic E-state index is 14.4. The van der Waals surface area contributed by atoms with Crippen LogP contribution in [0.15, 0.2) is 29.2 Å². The number of alkyl halides is 2. The summed E-state index contributed by atoms with van der Waals surface area (Å²) in [5.74, 6) is -3.24. The largest absolute Gasteiger partial charge is 0.368 e. The van der Waals surface area contributed by atoms with Gasteiger partial charge >= 0.3 is 0 Å². The van der Waals surface area contributed by atoms with E-state index in [9.17, 15) is 22.4 Å². The minimum absolute atomic E-state index is 0.111. The van der Waals surface area contributed by atoms with Crippen molar-refractivity contribution in [3.63, 3.8) is 0 Å². The molecule has 32 heavy (non-hydrogen) atoms. The van der Waals surface area contributed by atoms with Crippen molar-refractivity contribution in [1.82, 2.24) is 29.7 Å². The van der Waals surface area contributed by atoms with E-state index in [1.54, 1.807) is 0 Å². The van der Waals surface area contributed by atoms with Crippen molar-refractivity contribution in [2.24, 2.45) is 0 Å². The second-order valence-electron chi connectivity index (χ2n) is 6.60. The van der Waals surface area contributed by atoms with Gasteiger partial charge in [-0.05, 0) is 19.1 Å². The van der Waals surface area contributed by atoms with Crippen molar-refractivity contribution in [2.45, 2.75) is 19.4 Å². The standard InChI is InChI=1S/C18H13ClF4N8O/c1-6(26-15-10(19)13(14(22)23)28-18(24)29-15)16-27-12-7(2-3-8(20)11(12)21)17(32)31(16)9-4-5-25-30-9/h2-6,14H,1H3,(H,25,30)(H3,24,26,28,29)/t6-/m0/s1. The minimum atomic E-state index is -3.03. The number of rotatable bonds is 5. The number of nitrogen functional groups attached to an aromatic ring is 1. The normalized spacial score (nSPS) is 12.5. The van der Waals surface area contributed by atoms with E-state index < -0.39 is 51.8 Å². The van der Waals surface area contributed by atoms with E-state index >= 15 is 0 Å². The third kappa shape index (κ3) is 3.60. The molecule has 9 nitrogen and oxygen atoms in total. The predicted octanol–water partition coefficient (Wildman–Crippen LogP) is 3.52. The van der Waals surface area contributed by atoms with Crippen molar-refractivity contribution >= 4 is 34.3 Å². The topological polar surface area (TPSA) is 127 Å². The number of nitrogens with zero attached hydrogens (tertiary/aromatic N) is 5. The van der Waals surface area contributed by atoms with Crippen LogP contribution in [0, 0.1) is 11.6 Å². The molecule has 1 atom stereocenters. The van der Waals surface area contributed by atoms with Gasteiger partial charge in [-0.1, -0.05) is 11.6 Å². The lowest BCUT2D eigenvalue weighted by molar-refractivity contribution is 0.146. The van der Waals surface area contributed by atoms with Crippen LogP contribution in [0.25, 0.3) is 16.7 Å². The fraction of sp³-hybridized carbons (Fsp3) is 0.167. The maximum Gasteiger partial charge on any atom is 0.282 e. The van der Waals surface area contributed by atoms with Gasteiger partial charge in [0.1, 0.15) is 22.1 Å². The van der Waals surface area contributed by atoms with Gasteiger partial charge in [0.25, 0.3) is 12.0 Å². The number of nitrogens with one attached hydrogen (secondary N) is 2. The van der Waals surface area contributed by atoms with E-state index in [1.807, 2.05) is 0 Å². The van der Waals surface area contributed by atoms with Gasteiger partial charge in [0.15, 0.2) is 23.3 Å². The molecule has 1 aromatic carbocycles.